The topological polar surface area (TPSA) is 65.0 Å². The molecule has 0 saturated heterocycles. The number of carbonyl (C=O) groups is 2. The summed E-state index contributed by atoms with van der Waals surface area (Å²) < 4.78 is 11.2. The summed E-state index contributed by atoms with van der Waals surface area (Å²) in [5, 5.41) is 0. The molecule has 0 N–H and O–H groups in total. The Balaban J connectivity index is 2.06. The van der Waals surface area contributed by atoms with E-state index in [0.717, 1.165) is 30.1 Å². The molecule has 0 fully saturated rings. The second-order valence-electron chi connectivity index (χ2n) is 13.2. The maximum atomic E-state index is 12.8. The van der Waals surface area contributed by atoms with Crippen LogP contribution in [0.25, 0.3) is 0 Å². The van der Waals surface area contributed by atoms with Gasteiger partial charge in [0.05, 0.1) is 24.7 Å². The Hall–Kier alpha value is -0.950. The number of ether oxygens (including phenoxy) is 2. The summed E-state index contributed by atoms with van der Waals surface area (Å²) in [5.74, 6) is 3.28. The van der Waals surface area contributed by atoms with Crippen molar-refractivity contribution in [2.75, 3.05) is 36.2 Å². The van der Waals surface area contributed by atoms with Crippen LogP contribution in [0.15, 0.2) is 16.3 Å². The summed E-state index contributed by atoms with van der Waals surface area (Å²) >= 11 is 3.91. The van der Waals surface area contributed by atoms with Crippen molar-refractivity contribution in [2.45, 2.75) is 175 Å². The van der Waals surface area contributed by atoms with E-state index >= 15 is 0 Å². The number of carbonyl (C=O) groups excluding carboxylic acids is 2. The van der Waals surface area contributed by atoms with E-state index < -0.39 is 5.92 Å². The lowest BCUT2D eigenvalue weighted by atomic mass is 9.91. The Bertz CT molecular complexity index is 829. The lowest BCUT2D eigenvalue weighted by Gasteiger charge is -2.22. The van der Waals surface area contributed by atoms with Crippen LogP contribution in [0.5, 0.6) is 0 Å². The molecule has 0 aromatic heterocycles. The largest absolute Gasteiger partial charge is 0.465 e. The van der Waals surface area contributed by atoms with Crippen LogP contribution in [0.3, 0.4) is 0 Å². The first kappa shape index (κ1) is 43.1. The van der Waals surface area contributed by atoms with Crippen LogP contribution in [0.2, 0.25) is 0 Å². The standard InChI is InChI=1S/C39H71NO4S2/c1-5-7-9-11-13-15-17-19-21-23-29-45-31-25-27-43-38(41)36-33-37(35(4)40-34(36)3)39(42)44-28-26-32-46-30-24-22-20-18-16-14-12-10-8-6-2/h36H,5-33H2,1-4H3. The molecule has 1 rings (SSSR count). The lowest BCUT2D eigenvalue weighted by molar-refractivity contribution is -0.146. The molecule has 46 heavy (non-hydrogen) atoms. The normalized spacial score (nSPS) is 14.9. The van der Waals surface area contributed by atoms with Crippen molar-refractivity contribution < 1.29 is 19.1 Å². The van der Waals surface area contributed by atoms with Gasteiger partial charge in [-0.25, -0.2) is 4.79 Å². The zero-order chi connectivity index (χ0) is 33.5. The summed E-state index contributed by atoms with van der Waals surface area (Å²) in [7, 11) is 0. The molecule has 0 bridgehead atoms. The minimum atomic E-state index is -0.498. The molecule has 268 valence electrons. The smallest absolute Gasteiger partial charge is 0.335 e. The van der Waals surface area contributed by atoms with Crippen LogP contribution in [-0.2, 0) is 19.1 Å². The molecule has 5 nitrogen and oxygen atoms in total. The first-order valence-electron chi connectivity index (χ1n) is 19.2. The van der Waals surface area contributed by atoms with Crippen molar-refractivity contribution in [3.05, 3.63) is 11.3 Å². The predicted molar refractivity (Wildman–Crippen MR) is 203 cm³/mol. The summed E-state index contributed by atoms with van der Waals surface area (Å²) in [6.07, 6.45) is 29.3. The molecule has 1 aliphatic rings. The van der Waals surface area contributed by atoms with Crippen LogP contribution in [-0.4, -0.2) is 53.9 Å². The third-order valence-corrected chi connectivity index (χ3v) is 11.2. The highest BCUT2D eigenvalue weighted by Gasteiger charge is 2.32. The van der Waals surface area contributed by atoms with E-state index in [0.29, 0.717) is 30.9 Å². The number of unbranched alkanes of at least 4 members (excludes halogenated alkanes) is 18. The molecule has 0 saturated carbocycles. The lowest BCUT2D eigenvalue weighted by Crippen LogP contribution is -2.30. The van der Waals surface area contributed by atoms with E-state index in [9.17, 15) is 9.59 Å². The molecule has 0 aromatic rings. The summed E-state index contributed by atoms with van der Waals surface area (Å²) in [6, 6.07) is 0. The second-order valence-corrected chi connectivity index (χ2v) is 15.6. The highest BCUT2D eigenvalue weighted by Crippen LogP contribution is 2.26. The maximum Gasteiger partial charge on any atom is 0.335 e. The van der Waals surface area contributed by atoms with Gasteiger partial charge in [-0.2, -0.15) is 23.5 Å². The SMILES string of the molecule is CCCCCCCCCCCCSCCCOC(=O)C1=C(C)N=C(C)C(C(=O)OCCCSCCCCCCCCCCCC)C1. The third-order valence-electron chi connectivity index (χ3n) is 8.85. The van der Waals surface area contributed by atoms with Gasteiger partial charge in [0.2, 0.25) is 0 Å². The number of nitrogens with zero attached hydrogens (tertiary/aromatic N) is 1. The number of esters is 2. The Kier molecular flexibility index (Phi) is 29.3. The minimum Gasteiger partial charge on any atom is -0.465 e. The summed E-state index contributed by atoms with van der Waals surface area (Å²) in [4.78, 5) is 30.2. The molecular formula is C39H71NO4S2. The van der Waals surface area contributed by atoms with Gasteiger partial charge in [-0.15, -0.1) is 0 Å². The predicted octanol–water partition coefficient (Wildman–Crippen LogP) is 11.9. The van der Waals surface area contributed by atoms with E-state index in [1.165, 1.54) is 140 Å². The van der Waals surface area contributed by atoms with Crippen molar-refractivity contribution in [2.24, 2.45) is 10.9 Å². The van der Waals surface area contributed by atoms with Crippen molar-refractivity contribution in [1.29, 1.82) is 0 Å². The van der Waals surface area contributed by atoms with Crippen molar-refractivity contribution in [1.82, 2.24) is 0 Å². The highest BCUT2D eigenvalue weighted by atomic mass is 32.2. The molecule has 0 aromatic carbocycles. The van der Waals surface area contributed by atoms with Gasteiger partial charge in [0, 0.05) is 11.4 Å². The molecule has 7 heteroatoms. The van der Waals surface area contributed by atoms with Crippen LogP contribution in [0.4, 0.5) is 0 Å². The fraction of sp³-hybridized carbons (Fsp3) is 0.872. The molecular weight excluding hydrogens is 611 g/mol. The van der Waals surface area contributed by atoms with Crippen LogP contribution in [0, 0.1) is 5.92 Å². The highest BCUT2D eigenvalue weighted by molar-refractivity contribution is 7.99. The van der Waals surface area contributed by atoms with E-state index in [4.69, 9.17) is 9.47 Å². The van der Waals surface area contributed by atoms with Crippen molar-refractivity contribution in [3.63, 3.8) is 0 Å². The number of thioether (sulfide) groups is 2. The van der Waals surface area contributed by atoms with Gasteiger partial charge in [0.25, 0.3) is 0 Å². The van der Waals surface area contributed by atoms with Crippen molar-refractivity contribution in [3.8, 4) is 0 Å². The molecule has 0 amide bonds. The summed E-state index contributed by atoms with van der Waals surface area (Å²) in [6.45, 7) is 9.06. The van der Waals surface area contributed by atoms with Crippen LogP contribution < -0.4 is 0 Å². The Morgan fingerprint density at radius 1 is 0.587 bits per heavy atom. The quantitative estimate of drug-likeness (QED) is 0.0520. The van der Waals surface area contributed by atoms with Gasteiger partial charge in [0.15, 0.2) is 0 Å². The number of hydrogen-bond acceptors (Lipinski definition) is 7. The van der Waals surface area contributed by atoms with Gasteiger partial charge in [-0.1, -0.05) is 129 Å². The number of rotatable bonds is 32. The fourth-order valence-corrected chi connectivity index (χ4v) is 7.70. The van der Waals surface area contributed by atoms with E-state index in [1.807, 2.05) is 37.4 Å². The zero-order valence-electron chi connectivity index (χ0n) is 30.5. The number of allylic oxidation sites excluding steroid dienone is 1. The number of aliphatic imine (C=N–C) groups is 1. The van der Waals surface area contributed by atoms with E-state index in [2.05, 4.69) is 18.8 Å². The maximum absolute atomic E-state index is 12.8. The van der Waals surface area contributed by atoms with Gasteiger partial charge in [-0.05, 0) is 69.0 Å². The molecule has 1 unspecified atom stereocenters. The first-order valence-corrected chi connectivity index (χ1v) is 21.6. The van der Waals surface area contributed by atoms with Gasteiger partial charge >= 0.3 is 11.9 Å². The van der Waals surface area contributed by atoms with Crippen molar-refractivity contribution >= 4 is 41.2 Å². The molecule has 0 radical (unpaired) electrons. The number of hydrogen-bond donors (Lipinski definition) is 0. The molecule has 1 atom stereocenters. The minimum absolute atomic E-state index is 0.276. The van der Waals surface area contributed by atoms with E-state index in [1.54, 1.807) is 0 Å². The summed E-state index contributed by atoms with van der Waals surface area (Å²) in [5.41, 5.74) is 1.89. The first-order chi connectivity index (χ1) is 22.5. The Labute approximate surface area is 293 Å². The van der Waals surface area contributed by atoms with Crippen LogP contribution >= 0.6 is 23.5 Å². The second kappa shape index (κ2) is 31.3. The van der Waals surface area contributed by atoms with Crippen LogP contribution in [0.1, 0.15) is 175 Å². The van der Waals surface area contributed by atoms with Gasteiger partial charge < -0.3 is 9.47 Å². The Morgan fingerprint density at radius 2 is 0.978 bits per heavy atom. The Morgan fingerprint density at radius 3 is 1.43 bits per heavy atom. The monoisotopic (exact) mass is 681 g/mol. The average Bonchev–Trinajstić information content (AvgIpc) is 3.04. The fourth-order valence-electron chi connectivity index (χ4n) is 5.83. The molecule has 1 aliphatic heterocycles. The molecule has 1 heterocycles. The van der Waals surface area contributed by atoms with Gasteiger partial charge in [0.1, 0.15) is 0 Å². The molecule has 0 aliphatic carbocycles. The zero-order valence-corrected chi connectivity index (χ0v) is 32.1. The third kappa shape index (κ3) is 23.4. The molecule has 0 spiro atoms. The van der Waals surface area contributed by atoms with E-state index in [-0.39, 0.29) is 11.9 Å². The van der Waals surface area contributed by atoms with Gasteiger partial charge in [-0.3, -0.25) is 9.79 Å². The average molecular weight is 682 g/mol.